The number of aryl methyl sites for hydroxylation is 1. The van der Waals surface area contributed by atoms with Gasteiger partial charge < -0.3 is 5.73 Å². The predicted octanol–water partition coefficient (Wildman–Crippen LogP) is 2.98. The summed E-state index contributed by atoms with van der Waals surface area (Å²) in [5.74, 6) is 0.823. The molecule has 1 heterocycles. The van der Waals surface area contributed by atoms with Gasteiger partial charge in [0, 0.05) is 11.3 Å². The second-order valence-corrected chi connectivity index (χ2v) is 4.87. The first-order chi connectivity index (χ1) is 9.17. The minimum Gasteiger partial charge on any atom is -0.399 e. The van der Waals surface area contributed by atoms with Crippen LogP contribution in [0.2, 0.25) is 0 Å². The van der Waals surface area contributed by atoms with Crippen molar-refractivity contribution in [1.82, 2.24) is 20.2 Å². The summed E-state index contributed by atoms with van der Waals surface area (Å²) in [5.41, 5.74) is 8.72. The second kappa shape index (κ2) is 5.82. The fourth-order valence-corrected chi connectivity index (χ4v) is 2.28. The van der Waals surface area contributed by atoms with Gasteiger partial charge in [-0.3, -0.25) is 0 Å². The lowest BCUT2D eigenvalue weighted by Crippen LogP contribution is -2.11. The number of nitrogens with zero attached hydrogens (tertiary/aromatic N) is 4. The Bertz CT molecular complexity index is 547. The van der Waals surface area contributed by atoms with Crippen molar-refractivity contribution in [3.05, 3.63) is 23.8 Å². The number of hydrogen-bond acceptors (Lipinski definition) is 4. The summed E-state index contributed by atoms with van der Waals surface area (Å²) >= 11 is 0. The van der Waals surface area contributed by atoms with Crippen molar-refractivity contribution >= 4 is 5.69 Å². The highest BCUT2D eigenvalue weighted by Crippen LogP contribution is 2.25. The van der Waals surface area contributed by atoms with Crippen LogP contribution in [-0.4, -0.2) is 20.2 Å². The van der Waals surface area contributed by atoms with Crippen LogP contribution in [0.4, 0.5) is 5.69 Å². The average Bonchev–Trinajstić information content (AvgIpc) is 2.88. The molecule has 1 aromatic heterocycles. The first-order valence-corrected chi connectivity index (χ1v) is 6.81. The van der Waals surface area contributed by atoms with Crippen molar-refractivity contribution in [2.75, 3.05) is 5.73 Å². The van der Waals surface area contributed by atoms with Crippen LogP contribution in [0, 0.1) is 6.92 Å². The highest BCUT2D eigenvalue weighted by Gasteiger charge is 2.16. The molecule has 1 atom stereocenters. The number of aromatic nitrogens is 4. The van der Waals surface area contributed by atoms with E-state index in [0.29, 0.717) is 6.04 Å². The largest absolute Gasteiger partial charge is 0.399 e. The Morgan fingerprint density at radius 2 is 2.11 bits per heavy atom. The average molecular weight is 259 g/mol. The molecule has 0 saturated carbocycles. The Balaban J connectivity index is 2.40. The number of anilines is 1. The zero-order chi connectivity index (χ0) is 13.8. The molecule has 0 aliphatic carbocycles. The molecule has 102 valence electrons. The maximum atomic E-state index is 5.86. The van der Waals surface area contributed by atoms with E-state index in [1.165, 1.54) is 0 Å². The van der Waals surface area contributed by atoms with Crippen molar-refractivity contribution < 1.29 is 0 Å². The van der Waals surface area contributed by atoms with E-state index in [2.05, 4.69) is 29.4 Å². The van der Waals surface area contributed by atoms with Gasteiger partial charge >= 0.3 is 0 Å². The minimum atomic E-state index is 0.354. The van der Waals surface area contributed by atoms with Crippen molar-refractivity contribution in [1.29, 1.82) is 0 Å². The second-order valence-electron chi connectivity index (χ2n) is 4.87. The van der Waals surface area contributed by atoms with Crippen LogP contribution in [0.15, 0.2) is 18.2 Å². The third-order valence-corrected chi connectivity index (χ3v) is 3.46. The molecule has 2 N–H and O–H groups in total. The number of rotatable bonds is 5. The van der Waals surface area contributed by atoms with E-state index >= 15 is 0 Å². The molecule has 1 unspecified atom stereocenters. The van der Waals surface area contributed by atoms with E-state index in [1.807, 2.05) is 29.8 Å². The molecule has 19 heavy (non-hydrogen) atoms. The monoisotopic (exact) mass is 259 g/mol. The van der Waals surface area contributed by atoms with Crippen LogP contribution in [0.1, 0.15) is 44.7 Å². The molecule has 0 aliphatic rings. The fraction of sp³-hybridized carbons (Fsp3) is 0.500. The van der Waals surface area contributed by atoms with E-state index in [4.69, 9.17) is 5.73 Å². The number of tetrazole rings is 1. The van der Waals surface area contributed by atoms with Gasteiger partial charge in [0.05, 0.1) is 6.04 Å². The van der Waals surface area contributed by atoms with Gasteiger partial charge in [-0.05, 0) is 54.0 Å². The normalized spacial score (nSPS) is 12.6. The molecule has 0 bridgehead atoms. The van der Waals surface area contributed by atoms with E-state index in [-0.39, 0.29) is 0 Å². The summed E-state index contributed by atoms with van der Waals surface area (Å²) in [6, 6.07) is 6.27. The molecule has 0 spiro atoms. The fourth-order valence-electron chi connectivity index (χ4n) is 2.28. The Morgan fingerprint density at radius 3 is 2.74 bits per heavy atom. The van der Waals surface area contributed by atoms with Crippen LogP contribution < -0.4 is 5.73 Å². The Labute approximate surface area is 113 Å². The van der Waals surface area contributed by atoms with E-state index < -0.39 is 0 Å². The van der Waals surface area contributed by atoms with Crippen LogP contribution in [0.3, 0.4) is 0 Å². The molecule has 2 aromatic rings. The number of hydrogen-bond donors (Lipinski definition) is 1. The third-order valence-electron chi connectivity index (χ3n) is 3.46. The van der Waals surface area contributed by atoms with E-state index in [9.17, 15) is 0 Å². The highest BCUT2D eigenvalue weighted by molar-refractivity contribution is 5.61. The molecule has 0 radical (unpaired) electrons. The molecule has 1 aromatic carbocycles. The molecular formula is C14H21N5. The summed E-state index contributed by atoms with van der Waals surface area (Å²) in [6.45, 7) is 6.34. The van der Waals surface area contributed by atoms with Crippen molar-refractivity contribution in [3.63, 3.8) is 0 Å². The first kappa shape index (κ1) is 13.5. The lowest BCUT2D eigenvalue weighted by molar-refractivity contribution is 0.404. The molecule has 0 aliphatic heterocycles. The molecular weight excluding hydrogens is 238 g/mol. The lowest BCUT2D eigenvalue weighted by atomic mass is 10.1. The van der Waals surface area contributed by atoms with Gasteiger partial charge in [-0.2, -0.15) is 0 Å². The molecule has 5 heteroatoms. The van der Waals surface area contributed by atoms with Crippen molar-refractivity contribution in [3.8, 4) is 11.4 Å². The summed E-state index contributed by atoms with van der Waals surface area (Å²) in [5, 5.41) is 12.2. The summed E-state index contributed by atoms with van der Waals surface area (Å²) in [6.07, 6.45) is 3.24. The Hall–Kier alpha value is -1.91. The van der Waals surface area contributed by atoms with Crippen LogP contribution >= 0.6 is 0 Å². The molecule has 5 nitrogen and oxygen atoms in total. The number of benzene rings is 1. The predicted molar refractivity (Wildman–Crippen MR) is 76.6 cm³/mol. The lowest BCUT2D eigenvalue weighted by Gasteiger charge is -2.15. The van der Waals surface area contributed by atoms with E-state index in [0.717, 1.165) is 41.9 Å². The van der Waals surface area contributed by atoms with Gasteiger partial charge in [-0.1, -0.05) is 20.3 Å². The standard InChI is InChI=1S/C14H21N5/c1-4-6-12(5-2)19-14(16-17-18-19)11-7-8-13(15)10(3)9-11/h7-9,12H,4-6,15H2,1-3H3. The van der Waals surface area contributed by atoms with Gasteiger partial charge in [-0.15, -0.1) is 5.10 Å². The van der Waals surface area contributed by atoms with Crippen molar-refractivity contribution in [2.24, 2.45) is 0 Å². The van der Waals surface area contributed by atoms with Gasteiger partial charge in [0.15, 0.2) is 5.82 Å². The first-order valence-electron chi connectivity index (χ1n) is 6.81. The number of nitrogen functional groups attached to an aromatic ring is 1. The maximum Gasteiger partial charge on any atom is 0.182 e. The smallest absolute Gasteiger partial charge is 0.182 e. The SMILES string of the molecule is CCCC(CC)n1nnnc1-c1ccc(N)c(C)c1. The summed E-state index contributed by atoms with van der Waals surface area (Å²) in [4.78, 5) is 0. The number of nitrogens with two attached hydrogens (primary N) is 1. The molecule has 2 rings (SSSR count). The van der Waals surface area contributed by atoms with Crippen molar-refractivity contribution in [2.45, 2.75) is 46.1 Å². The maximum absolute atomic E-state index is 5.86. The van der Waals surface area contributed by atoms with Gasteiger partial charge in [0.2, 0.25) is 0 Å². The van der Waals surface area contributed by atoms with E-state index in [1.54, 1.807) is 0 Å². The van der Waals surface area contributed by atoms with Gasteiger partial charge in [-0.25, -0.2) is 4.68 Å². The zero-order valence-corrected chi connectivity index (χ0v) is 11.8. The van der Waals surface area contributed by atoms with Crippen LogP contribution in [0.25, 0.3) is 11.4 Å². The minimum absolute atomic E-state index is 0.354. The highest BCUT2D eigenvalue weighted by atomic mass is 15.5. The van der Waals surface area contributed by atoms with Crippen LogP contribution in [-0.2, 0) is 0 Å². The molecule has 0 saturated heterocycles. The molecule has 0 amide bonds. The molecule has 0 fully saturated rings. The summed E-state index contributed by atoms with van der Waals surface area (Å²) < 4.78 is 1.94. The Morgan fingerprint density at radius 1 is 1.32 bits per heavy atom. The zero-order valence-electron chi connectivity index (χ0n) is 11.8. The third kappa shape index (κ3) is 2.75. The van der Waals surface area contributed by atoms with Gasteiger partial charge in [0.1, 0.15) is 0 Å². The Kier molecular flexibility index (Phi) is 4.14. The summed E-state index contributed by atoms with van der Waals surface area (Å²) in [7, 11) is 0. The van der Waals surface area contributed by atoms with Crippen LogP contribution in [0.5, 0.6) is 0 Å². The topological polar surface area (TPSA) is 69.6 Å². The quantitative estimate of drug-likeness (QED) is 0.838. The van der Waals surface area contributed by atoms with Gasteiger partial charge in [0.25, 0.3) is 0 Å².